The molecule has 15 heavy (non-hydrogen) atoms. The minimum atomic E-state index is -0.793. The summed E-state index contributed by atoms with van der Waals surface area (Å²) in [4.78, 5) is 4.21. The molecule has 0 aromatic carbocycles. The highest BCUT2D eigenvalue weighted by Gasteiger charge is 2.12. The predicted molar refractivity (Wildman–Crippen MR) is 58.5 cm³/mol. The van der Waals surface area contributed by atoms with Gasteiger partial charge in [0.2, 0.25) is 0 Å². The van der Waals surface area contributed by atoms with Gasteiger partial charge in [-0.1, -0.05) is 0 Å². The van der Waals surface area contributed by atoms with Crippen LogP contribution in [0.1, 0.15) is 25.1 Å². The second-order valence-corrected chi connectivity index (χ2v) is 4.16. The molecule has 0 spiro atoms. The van der Waals surface area contributed by atoms with Crippen molar-refractivity contribution in [3.05, 3.63) is 23.4 Å². The van der Waals surface area contributed by atoms with Crippen molar-refractivity contribution in [1.29, 1.82) is 5.26 Å². The Hall–Kier alpha value is -1.60. The first kappa shape index (κ1) is 11.5. The smallest absolute Gasteiger partial charge is 0.127 e. The van der Waals surface area contributed by atoms with Gasteiger partial charge in [-0.3, -0.25) is 0 Å². The van der Waals surface area contributed by atoms with E-state index in [2.05, 4.69) is 16.4 Å². The van der Waals surface area contributed by atoms with Crippen molar-refractivity contribution in [2.45, 2.75) is 26.4 Å². The van der Waals surface area contributed by atoms with Gasteiger partial charge in [-0.2, -0.15) is 5.26 Å². The minimum absolute atomic E-state index is 0.397. The Kier molecular flexibility index (Phi) is 3.28. The first-order valence-electron chi connectivity index (χ1n) is 4.76. The van der Waals surface area contributed by atoms with Gasteiger partial charge in [-0.05, 0) is 32.9 Å². The summed E-state index contributed by atoms with van der Waals surface area (Å²) < 4.78 is 0. The molecular weight excluding hydrogens is 190 g/mol. The fraction of sp³-hybridized carbons (Fsp3) is 0.455. The van der Waals surface area contributed by atoms with Crippen molar-refractivity contribution in [2.24, 2.45) is 0 Å². The van der Waals surface area contributed by atoms with Gasteiger partial charge in [0, 0.05) is 12.2 Å². The monoisotopic (exact) mass is 205 g/mol. The van der Waals surface area contributed by atoms with Crippen LogP contribution in [0.15, 0.2) is 12.1 Å². The Morgan fingerprint density at radius 2 is 2.20 bits per heavy atom. The topological polar surface area (TPSA) is 68.9 Å². The summed E-state index contributed by atoms with van der Waals surface area (Å²) >= 11 is 0. The van der Waals surface area contributed by atoms with E-state index in [-0.39, 0.29) is 0 Å². The number of rotatable bonds is 3. The molecule has 0 fully saturated rings. The molecule has 4 heteroatoms. The number of hydrogen-bond acceptors (Lipinski definition) is 4. The summed E-state index contributed by atoms with van der Waals surface area (Å²) in [5.74, 6) is 0.619. The summed E-state index contributed by atoms with van der Waals surface area (Å²) in [6.07, 6.45) is 0. The predicted octanol–water partition coefficient (Wildman–Crippen LogP) is 1.44. The maximum atomic E-state index is 9.52. The van der Waals surface area contributed by atoms with Crippen molar-refractivity contribution in [3.8, 4) is 6.07 Å². The summed E-state index contributed by atoms with van der Waals surface area (Å²) in [7, 11) is 0. The highest BCUT2D eigenvalue weighted by molar-refractivity contribution is 5.44. The summed E-state index contributed by atoms with van der Waals surface area (Å²) in [5, 5.41) is 21.3. The maximum absolute atomic E-state index is 9.52. The summed E-state index contributed by atoms with van der Waals surface area (Å²) in [5.41, 5.74) is 0.561. The molecule has 4 nitrogen and oxygen atoms in total. The molecule has 0 bridgehead atoms. The third kappa shape index (κ3) is 3.96. The molecule has 80 valence electrons. The highest BCUT2D eigenvalue weighted by atomic mass is 16.3. The minimum Gasteiger partial charge on any atom is -0.389 e. The Morgan fingerprint density at radius 1 is 1.53 bits per heavy atom. The molecule has 0 amide bonds. The number of nitriles is 1. The van der Waals surface area contributed by atoms with Crippen molar-refractivity contribution >= 4 is 5.82 Å². The van der Waals surface area contributed by atoms with Gasteiger partial charge in [0.25, 0.3) is 0 Å². The van der Waals surface area contributed by atoms with E-state index in [1.54, 1.807) is 26.0 Å². The van der Waals surface area contributed by atoms with E-state index in [9.17, 15) is 5.11 Å². The van der Waals surface area contributed by atoms with E-state index >= 15 is 0 Å². The van der Waals surface area contributed by atoms with E-state index < -0.39 is 5.60 Å². The number of hydrogen-bond donors (Lipinski definition) is 2. The van der Waals surface area contributed by atoms with E-state index in [0.29, 0.717) is 17.9 Å². The van der Waals surface area contributed by atoms with Gasteiger partial charge in [-0.25, -0.2) is 4.98 Å². The van der Waals surface area contributed by atoms with E-state index in [0.717, 1.165) is 5.69 Å². The summed E-state index contributed by atoms with van der Waals surface area (Å²) in [6, 6.07) is 5.45. The fourth-order valence-corrected chi connectivity index (χ4v) is 1.13. The molecule has 0 saturated carbocycles. The second kappa shape index (κ2) is 4.28. The zero-order valence-electron chi connectivity index (χ0n) is 9.20. The highest BCUT2D eigenvalue weighted by Crippen LogP contribution is 2.10. The third-order valence-corrected chi connectivity index (χ3v) is 1.78. The molecule has 0 aliphatic rings. The number of aryl methyl sites for hydroxylation is 1. The van der Waals surface area contributed by atoms with Crippen LogP contribution in [-0.2, 0) is 0 Å². The van der Waals surface area contributed by atoms with Crippen molar-refractivity contribution in [2.75, 3.05) is 11.9 Å². The zero-order valence-corrected chi connectivity index (χ0v) is 9.20. The lowest BCUT2D eigenvalue weighted by atomic mass is 10.1. The first-order chi connectivity index (χ1) is 6.90. The zero-order chi connectivity index (χ0) is 11.5. The molecule has 1 aromatic heterocycles. The van der Waals surface area contributed by atoms with Gasteiger partial charge in [0.15, 0.2) is 0 Å². The molecule has 0 atom stereocenters. The Labute approximate surface area is 89.6 Å². The van der Waals surface area contributed by atoms with Crippen LogP contribution in [0.2, 0.25) is 0 Å². The average molecular weight is 205 g/mol. The molecule has 0 unspecified atom stereocenters. The van der Waals surface area contributed by atoms with Crippen molar-refractivity contribution in [3.63, 3.8) is 0 Å². The Balaban J connectivity index is 2.78. The van der Waals surface area contributed by atoms with Crippen LogP contribution in [-0.4, -0.2) is 22.2 Å². The maximum Gasteiger partial charge on any atom is 0.127 e. The lowest BCUT2D eigenvalue weighted by molar-refractivity contribution is 0.0944. The number of nitrogens with zero attached hydrogens (tertiary/aromatic N) is 2. The number of anilines is 1. The number of pyridine rings is 1. The molecule has 1 heterocycles. The van der Waals surface area contributed by atoms with Gasteiger partial charge < -0.3 is 10.4 Å². The van der Waals surface area contributed by atoms with Crippen LogP contribution in [0.5, 0.6) is 0 Å². The molecule has 2 N–H and O–H groups in total. The van der Waals surface area contributed by atoms with Crippen LogP contribution in [0.25, 0.3) is 0 Å². The number of aromatic nitrogens is 1. The molecule has 1 aromatic rings. The normalized spacial score (nSPS) is 10.9. The van der Waals surface area contributed by atoms with Crippen LogP contribution in [0, 0.1) is 18.3 Å². The fourth-order valence-electron chi connectivity index (χ4n) is 1.13. The van der Waals surface area contributed by atoms with Crippen molar-refractivity contribution in [1.82, 2.24) is 4.98 Å². The van der Waals surface area contributed by atoms with Gasteiger partial charge in [-0.15, -0.1) is 0 Å². The molecule has 0 radical (unpaired) electrons. The second-order valence-electron chi connectivity index (χ2n) is 4.16. The standard InChI is InChI=1S/C11H15N3O/c1-8-4-9(6-12)5-10(14-8)13-7-11(2,3)15/h4-5,15H,7H2,1-3H3,(H,13,14). The molecule has 1 rings (SSSR count). The van der Waals surface area contributed by atoms with Gasteiger partial charge in [0.05, 0.1) is 17.2 Å². The van der Waals surface area contributed by atoms with E-state index in [1.807, 2.05) is 6.92 Å². The molecule has 0 aliphatic heterocycles. The van der Waals surface area contributed by atoms with Crippen LogP contribution >= 0.6 is 0 Å². The summed E-state index contributed by atoms with van der Waals surface area (Å²) in [6.45, 7) is 5.65. The van der Waals surface area contributed by atoms with Crippen molar-refractivity contribution < 1.29 is 5.11 Å². The number of nitrogens with one attached hydrogen (secondary N) is 1. The Morgan fingerprint density at radius 3 is 2.73 bits per heavy atom. The van der Waals surface area contributed by atoms with Crippen LogP contribution in [0.4, 0.5) is 5.82 Å². The van der Waals surface area contributed by atoms with Gasteiger partial charge in [0.1, 0.15) is 5.82 Å². The van der Waals surface area contributed by atoms with Gasteiger partial charge >= 0.3 is 0 Å². The van der Waals surface area contributed by atoms with Crippen LogP contribution in [0.3, 0.4) is 0 Å². The lowest BCUT2D eigenvalue weighted by Gasteiger charge is -2.18. The third-order valence-electron chi connectivity index (χ3n) is 1.78. The largest absolute Gasteiger partial charge is 0.389 e. The quantitative estimate of drug-likeness (QED) is 0.783. The molecule has 0 aliphatic carbocycles. The number of aliphatic hydroxyl groups is 1. The lowest BCUT2D eigenvalue weighted by Crippen LogP contribution is -2.29. The first-order valence-corrected chi connectivity index (χ1v) is 4.76. The van der Waals surface area contributed by atoms with E-state index in [1.165, 1.54) is 0 Å². The Bertz CT molecular complexity index is 388. The average Bonchev–Trinajstić information content (AvgIpc) is 2.13. The van der Waals surface area contributed by atoms with E-state index in [4.69, 9.17) is 5.26 Å². The molecular formula is C11H15N3O. The SMILES string of the molecule is Cc1cc(C#N)cc(NCC(C)(C)O)n1. The molecule has 0 saturated heterocycles. The van der Waals surface area contributed by atoms with Crippen LogP contribution < -0.4 is 5.32 Å².